The Kier molecular flexibility index (Phi) is 4.61. The van der Waals surface area contributed by atoms with Gasteiger partial charge in [0.2, 0.25) is 5.91 Å². The number of alkyl halides is 3. The average molecular weight is 426 g/mol. The van der Waals surface area contributed by atoms with Crippen molar-refractivity contribution < 1.29 is 31.9 Å². The van der Waals surface area contributed by atoms with Crippen LogP contribution in [0, 0.1) is 5.82 Å². The molecule has 0 bridgehead atoms. The molecule has 29 heavy (non-hydrogen) atoms. The molecule has 4 nitrogen and oxygen atoms in total. The number of benzene rings is 2. The first-order valence-electron chi connectivity index (χ1n) is 8.52. The molecule has 0 saturated carbocycles. The Morgan fingerprint density at radius 2 is 1.76 bits per heavy atom. The van der Waals surface area contributed by atoms with Gasteiger partial charge in [-0.25, -0.2) is 9.18 Å². The van der Waals surface area contributed by atoms with Gasteiger partial charge < -0.3 is 4.74 Å². The number of esters is 1. The van der Waals surface area contributed by atoms with Gasteiger partial charge in [0.1, 0.15) is 12.4 Å². The molecular weight excluding hydrogens is 414 g/mol. The van der Waals surface area contributed by atoms with Gasteiger partial charge in [0.15, 0.2) is 0 Å². The van der Waals surface area contributed by atoms with Gasteiger partial charge in [0.25, 0.3) is 0 Å². The van der Waals surface area contributed by atoms with Crippen LogP contribution in [0.3, 0.4) is 0 Å². The Labute approximate surface area is 167 Å². The molecule has 9 heteroatoms. The zero-order valence-electron chi connectivity index (χ0n) is 14.6. The van der Waals surface area contributed by atoms with Crippen LogP contribution in [-0.2, 0) is 20.5 Å². The lowest BCUT2D eigenvalue weighted by Crippen LogP contribution is -2.37. The highest BCUT2D eigenvalue weighted by Crippen LogP contribution is 2.43. The number of hydrogen-bond donors (Lipinski definition) is 0. The largest absolute Gasteiger partial charge is 0.456 e. The monoisotopic (exact) mass is 425 g/mol. The van der Waals surface area contributed by atoms with Gasteiger partial charge in [-0.1, -0.05) is 23.7 Å². The third-order valence-corrected chi connectivity index (χ3v) is 5.21. The van der Waals surface area contributed by atoms with Gasteiger partial charge >= 0.3 is 12.1 Å². The number of amides is 1. The van der Waals surface area contributed by atoms with Crippen molar-refractivity contribution in [2.45, 2.75) is 18.5 Å². The first-order chi connectivity index (χ1) is 13.7. The Morgan fingerprint density at radius 3 is 2.38 bits per heavy atom. The number of nitrogens with zero attached hydrogens (tertiary/aromatic N) is 1. The molecule has 0 N–H and O–H groups in total. The predicted octanol–water partition coefficient (Wildman–Crippen LogP) is 4.83. The van der Waals surface area contributed by atoms with E-state index in [-0.39, 0.29) is 35.0 Å². The van der Waals surface area contributed by atoms with Crippen molar-refractivity contribution >= 4 is 29.2 Å². The van der Waals surface area contributed by atoms with E-state index in [4.69, 9.17) is 16.3 Å². The maximum atomic E-state index is 13.5. The second-order valence-corrected chi connectivity index (χ2v) is 7.05. The average Bonchev–Trinajstić information content (AvgIpc) is 3.04. The number of anilines is 1. The van der Waals surface area contributed by atoms with Gasteiger partial charge in [-0.15, -0.1) is 0 Å². The van der Waals surface area contributed by atoms with Gasteiger partial charge in [-0.2, -0.15) is 13.2 Å². The molecule has 0 aromatic heterocycles. The molecule has 0 radical (unpaired) electrons. The van der Waals surface area contributed by atoms with Crippen LogP contribution in [0.1, 0.15) is 23.5 Å². The van der Waals surface area contributed by atoms with Crippen molar-refractivity contribution in [1.29, 1.82) is 0 Å². The van der Waals surface area contributed by atoms with Crippen LogP contribution < -0.4 is 4.90 Å². The Bertz CT molecular complexity index is 1050. The predicted molar refractivity (Wildman–Crippen MR) is 95.7 cm³/mol. The molecule has 1 amide bonds. The molecule has 2 aliphatic heterocycles. The molecular formula is C20H12ClF4NO3. The molecule has 2 heterocycles. The quantitative estimate of drug-likeness (QED) is 0.511. The van der Waals surface area contributed by atoms with E-state index in [9.17, 15) is 27.2 Å². The van der Waals surface area contributed by atoms with E-state index in [1.807, 2.05) is 0 Å². The van der Waals surface area contributed by atoms with Crippen molar-refractivity contribution in [1.82, 2.24) is 0 Å². The first kappa shape index (κ1) is 19.4. The number of ether oxygens (including phenoxy) is 1. The summed E-state index contributed by atoms with van der Waals surface area (Å²) in [7, 11) is 0. The summed E-state index contributed by atoms with van der Waals surface area (Å²) < 4.78 is 57.0. The lowest BCUT2D eigenvalue weighted by molar-refractivity contribution is -0.138. The Balaban J connectivity index is 1.77. The van der Waals surface area contributed by atoms with Gasteiger partial charge in [-0.3, -0.25) is 9.69 Å². The maximum absolute atomic E-state index is 13.5. The SMILES string of the molecule is O=C1OCC2=C1C(c1ccc(C(F)(F)F)cc1)CC(=O)N2c1ccc(F)c(Cl)c1. The van der Waals surface area contributed by atoms with Crippen molar-refractivity contribution in [3.8, 4) is 0 Å². The van der Waals surface area contributed by atoms with Crippen LogP contribution in [-0.4, -0.2) is 18.5 Å². The van der Waals surface area contributed by atoms with Crippen molar-refractivity contribution in [3.05, 3.63) is 75.7 Å². The fourth-order valence-corrected chi connectivity index (χ4v) is 3.74. The maximum Gasteiger partial charge on any atom is 0.416 e. The topological polar surface area (TPSA) is 46.6 Å². The summed E-state index contributed by atoms with van der Waals surface area (Å²) >= 11 is 5.81. The molecule has 150 valence electrons. The van der Waals surface area contributed by atoms with E-state index in [1.54, 1.807) is 0 Å². The molecule has 0 aliphatic carbocycles. The molecule has 0 fully saturated rings. The molecule has 2 aromatic rings. The van der Waals surface area contributed by atoms with Crippen LogP contribution in [0.25, 0.3) is 0 Å². The summed E-state index contributed by atoms with van der Waals surface area (Å²) in [5, 5.41) is -0.187. The number of rotatable bonds is 2. The zero-order chi connectivity index (χ0) is 20.9. The summed E-state index contributed by atoms with van der Waals surface area (Å²) in [6, 6.07) is 8.04. The van der Waals surface area contributed by atoms with Gasteiger partial charge in [0.05, 0.1) is 27.5 Å². The molecule has 1 unspecified atom stereocenters. The number of halogens is 5. The van der Waals surface area contributed by atoms with E-state index in [1.165, 1.54) is 29.2 Å². The van der Waals surface area contributed by atoms with Crippen LogP contribution >= 0.6 is 11.6 Å². The minimum Gasteiger partial charge on any atom is -0.456 e. The fourth-order valence-electron chi connectivity index (χ4n) is 3.57. The van der Waals surface area contributed by atoms with Crippen LogP contribution in [0.15, 0.2) is 53.7 Å². The molecule has 4 rings (SSSR count). The zero-order valence-corrected chi connectivity index (χ0v) is 15.4. The Morgan fingerprint density at radius 1 is 1.07 bits per heavy atom. The fraction of sp³-hybridized carbons (Fsp3) is 0.200. The summed E-state index contributed by atoms with van der Waals surface area (Å²) in [5.74, 6) is -2.44. The van der Waals surface area contributed by atoms with Crippen LogP contribution in [0.2, 0.25) is 5.02 Å². The standard InChI is InChI=1S/C20H12ClF4NO3/c21-14-7-12(5-6-15(14)22)26-16-9-29-19(28)18(16)13(8-17(26)27)10-1-3-11(4-2-10)20(23,24)25/h1-7,13H,8-9H2. The Hall–Kier alpha value is -2.87. The normalized spacial score (nSPS) is 19.5. The number of cyclic esters (lactones) is 1. The summed E-state index contributed by atoms with van der Waals surface area (Å²) in [6.45, 7) is -0.175. The minimum atomic E-state index is -4.49. The summed E-state index contributed by atoms with van der Waals surface area (Å²) in [5.41, 5.74) is 0.324. The van der Waals surface area contributed by atoms with E-state index < -0.39 is 35.4 Å². The first-order valence-corrected chi connectivity index (χ1v) is 8.90. The van der Waals surface area contributed by atoms with Crippen molar-refractivity contribution in [2.24, 2.45) is 0 Å². The lowest BCUT2D eigenvalue weighted by atomic mass is 9.84. The van der Waals surface area contributed by atoms with E-state index in [2.05, 4.69) is 0 Å². The number of carbonyl (C=O) groups excluding carboxylic acids is 2. The lowest BCUT2D eigenvalue weighted by Gasteiger charge is -2.32. The molecule has 0 saturated heterocycles. The number of carbonyl (C=O) groups is 2. The molecule has 2 aliphatic rings. The highest BCUT2D eigenvalue weighted by molar-refractivity contribution is 6.31. The van der Waals surface area contributed by atoms with Gasteiger partial charge in [0, 0.05) is 12.3 Å². The molecule has 1 atom stereocenters. The third kappa shape index (κ3) is 3.37. The summed E-state index contributed by atoms with van der Waals surface area (Å²) in [4.78, 5) is 26.4. The van der Waals surface area contributed by atoms with Crippen molar-refractivity contribution in [3.63, 3.8) is 0 Å². The highest BCUT2D eigenvalue weighted by Gasteiger charge is 2.43. The second kappa shape index (κ2) is 6.88. The molecule has 0 spiro atoms. The van der Waals surface area contributed by atoms with E-state index >= 15 is 0 Å². The van der Waals surface area contributed by atoms with E-state index in [0.29, 0.717) is 5.56 Å². The second-order valence-electron chi connectivity index (χ2n) is 6.64. The third-order valence-electron chi connectivity index (χ3n) is 4.92. The number of hydrogen-bond acceptors (Lipinski definition) is 3. The van der Waals surface area contributed by atoms with Crippen LogP contribution in [0.4, 0.5) is 23.2 Å². The van der Waals surface area contributed by atoms with E-state index in [0.717, 1.165) is 18.2 Å². The highest BCUT2D eigenvalue weighted by atomic mass is 35.5. The smallest absolute Gasteiger partial charge is 0.416 e. The molecule has 2 aromatic carbocycles. The summed E-state index contributed by atoms with van der Waals surface area (Å²) in [6.07, 6.45) is -4.65. The minimum absolute atomic E-state index is 0.158. The van der Waals surface area contributed by atoms with Crippen molar-refractivity contribution in [2.75, 3.05) is 11.5 Å². The van der Waals surface area contributed by atoms with Gasteiger partial charge in [-0.05, 0) is 35.9 Å². The van der Waals surface area contributed by atoms with Crippen LogP contribution in [0.5, 0.6) is 0 Å².